The summed E-state index contributed by atoms with van der Waals surface area (Å²) < 4.78 is 1.68. The maximum atomic E-state index is 12.3. The van der Waals surface area contributed by atoms with Crippen LogP contribution >= 0.6 is 0 Å². The summed E-state index contributed by atoms with van der Waals surface area (Å²) in [6.45, 7) is 9.02. The van der Waals surface area contributed by atoms with Crippen molar-refractivity contribution in [3.63, 3.8) is 0 Å². The first-order valence-electron chi connectivity index (χ1n) is 6.46. The fourth-order valence-electron chi connectivity index (χ4n) is 1.97. The highest BCUT2D eigenvalue weighted by atomic mass is 16.2. The summed E-state index contributed by atoms with van der Waals surface area (Å²) in [6, 6.07) is 0.184. The molecule has 1 atom stereocenters. The second-order valence-corrected chi connectivity index (χ2v) is 5.18. The van der Waals surface area contributed by atoms with Gasteiger partial charge in [0, 0.05) is 25.8 Å². The molecule has 1 rings (SSSR count). The molecule has 0 saturated carbocycles. The van der Waals surface area contributed by atoms with Crippen LogP contribution in [0.15, 0.2) is 6.20 Å². The highest BCUT2D eigenvalue weighted by Crippen LogP contribution is 2.16. The summed E-state index contributed by atoms with van der Waals surface area (Å²) >= 11 is 0. The average Bonchev–Trinajstić information content (AvgIpc) is 2.67. The molecule has 0 fully saturated rings. The Hall–Kier alpha value is -1.52. The second kappa shape index (κ2) is 5.89. The molecule has 18 heavy (non-hydrogen) atoms. The summed E-state index contributed by atoms with van der Waals surface area (Å²) in [5, 5.41) is 4.21. The van der Waals surface area contributed by atoms with E-state index in [4.69, 9.17) is 5.73 Å². The molecule has 0 radical (unpaired) electrons. The van der Waals surface area contributed by atoms with E-state index in [0.29, 0.717) is 23.8 Å². The van der Waals surface area contributed by atoms with Crippen LogP contribution in [0, 0.1) is 5.92 Å². The van der Waals surface area contributed by atoms with Crippen LogP contribution in [0.3, 0.4) is 0 Å². The number of nitrogen functional groups attached to an aromatic ring is 1. The quantitative estimate of drug-likeness (QED) is 0.871. The average molecular weight is 252 g/mol. The molecule has 1 heterocycles. The third-order valence-corrected chi connectivity index (χ3v) is 3.11. The lowest BCUT2D eigenvalue weighted by Crippen LogP contribution is -2.36. The van der Waals surface area contributed by atoms with E-state index in [-0.39, 0.29) is 11.9 Å². The first-order valence-corrected chi connectivity index (χ1v) is 6.46. The Morgan fingerprint density at radius 3 is 2.56 bits per heavy atom. The van der Waals surface area contributed by atoms with E-state index < -0.39 is 0 Å². The van der Waals surface area contributed by atoms with Gasteiger partial charge in [0.05, 0.1) is 5.69 Å². The number of nitrogens with two attached hydrogens (primary N) is 1. The number of hydrogen-bond donors (Lipinski definition) is 1. The number of carbonyl (C=O) groups excluding carboxylic acids is 1. The zero-order valence-corrected chi connectivity index (χ0v) is 12.0. The minimum Gasteiger partial charge on any atom is -0.396 e. The Kier molecular flexibility index (Phi) is 4.76. The minimum atomic E-state index is -0.104. The van der Waals surface area contributed by atoms with Crippen LogP contribution in [-0.4, -0.2) is 33.7 Å². The van der Waals surface area contributed by atoms with Crippen molar-refractivity contribution in [2.75, 3.05) is 12.8 Å². The Bertz CT molecular complexity index is 411. The monoisotopic (exact) mass is 252 g/mol. The highest BCUT2D eigenvalue weighted by molar-refractivity contribution is 5.97. The van der Waals surface area contributed by atoms with Gasteiger partial charge in [0.15, 0.2) is 5.69 Å². The van der Waals surface area contributed by atoms with E-state index in [1.54, 1.807) is 22.8 Å². The summed E-state index contributed by atoms with van der Waals surface area (Å²) in [4.78, 5) is 14.0. The van der Waals surface area contributed by atoms with Crippen LogP contribution in [-0.2, 0) is 6.54 Å². The van der Waals surface area contributed by atoms with Gasteiger partial charge in [-0.3, -0.25) is 9.48 Å². The minimum absolute atomic E-state index is 0.104. The van der Waals surface area contributed by atoms with E-state index in [1.165, 1.54) is 0 Å². The molecule has 0 bridgehead atoms. The van der Waals surface area contributed by atoms with Crippen molar-refractivity contribution in [2.45, 2.75) is 46.7 Å². The predicted molar refractivity (Wildman–Crippen MR) is 73.3 cm³/mol. The number of aromatic nitrogens is 2. The van der Waals surface area contributed by atoms with Gasteiger partial charge in [0.1, 0.15) is 0 Å². The standard InChI is InChI=1S/C13H24N4O/c1-6-17-8-11(14)12(15-17)13(18)16(5)10(4)7-9(2)3/h8-10H,6-7,14H2,1-5H3. The molecule has 0 aliphatic carbocycles. The molecule has 1 aromatic rings. The zero-order chi connectivity index (χ0) is 13.9. The third-order valence-electron chi connectivity index (χ3n) is 3.11. The van der Waals surface area contributed by atoms with Gasteiger partial charge < -0.3 is 10.6 Å². The molecular formula is C13H24N4O. The summed E-state index contributed by atoms with van der Waals surface area (Å²) in [6.07, 6.45) is 2.67. The molecule has 2 N–H and O–H groups in total. The second-order valence-electron chi connectivity index (χ2n) is 5.18. The van der Waals surface area contributed by atoms with Crippen LogP contribution < -0.4 is 5.73 Å². The smallest absolute Gasteiger partial charge is 0.276 e. The van der Waals surface area contributed by atoms with E-state index in [1.807, 2.05) is 13.8 Å². The highest BCUT2D eigenvalue weighted by Gasteiger charge is 2.22. The van der Waals surface area contributed by atoms with Crippen LogP contribution in [0.25, 0.3) is 0 Å². The Balaban J connectivity index is 2.82. The van der Waals surface area contributed by atoms with Gasteiger partial charge in [0.2, 0.25) is 0 Å². The number of amides is 1. The van der Waals surface area contributed by atoms with Gasteiger partial charge in [-0.15, -0.1) is 0 Å². The van der Waals surface area contributed by atoms with Crippen molar-refractivity contribution in [3.05, 3.63) is 11.9 Å². The molecule has 0 aliphatic rings. The van der Waals surface area contributed by atoms with Gasteiger partial charge >= 0.3 is 0 Å². The number of anilines is 1. The third kappa shape index (κ3) is 3.24. The van der Waals surface area contributed by atoms with E-state index in [2.05, 4.69) is 18.9 Å². The van der Waals surface area contributed by atoms with Gasteiger partial charge in [-0.25, -0.2) is 0 Å². The van der Waals surface area contributed by atoms with Crippen LogP contribution in [0.2, 0.25) is 0 Å². The first kappa shape index (κ1) is 14.5. The fourth-order valence-corrected chi connectivity index (χ4v) is 1.97. The first-order chi connectivity index (χ1) is 8.36. The molecule has 102 valence electrons. The summed E-state index contributed by atoms with van der Waals surface area (Å²) in [7, 11) is 1.81. The van der Waals surface area contributed by atoms with Crippen LogP contribution in [0.5, 0.6) is 0 Å². The van der Waals surface area contributed by atoms with Crippen molar-refractivity contribution in [3.8, 4) is 0 Å². The summed E-state index contributed by atoms with van der Waals surface area (Å²) in [5.41, 5.74) is 6.63. The summed E-state index contributed by atoms with van der Waals surface area (Å²) in [5.74, 6) is 0.452. The van der Waals surface area contributed by atoms with Gasteiger partial charge in [-0.05, 0) is 26.2 Å². The van der Waals surface area contributed by atoms with Gasteiger partial charge in [-0.2, -0.15) is 5.10 Å². The predicted octanol–water partition coefficient (Wildman–Crippen LogP) is 1.99. The molecule has 0 aromatic carbocycles. The Labute approximate surface area is 109 Å². The Morgan fingerprint density at radius 2 is 2.11 bits per heavy atom. The number of rotatable bonds is 5. The number of hydrogen-bond acceptors (Lipinski definition) is 3. The molecule has 5 nitrogen and oxygen atoms in total. The van der Waals surface area contributed by atoms with Gasteiger partial charge in [-0.1, -0.05) is 13.8 Å². The molecule has 0 spiro atoms. The van der Waals surface area contributed by atoms with Gasteiger partial charge in [0.25, 0.3) is 5.91 Å². The lowest BCUT2D eigenvalue weighted by atomic mass is 10.0. The van der Waals surface area contributed by atoms with Crippen LogP contribution in [0.4, 0.5) is 5.69 Å². The number of carbonyl (C=O) groups is 1. The molecular weight excluding hydrogens is 228 g/mol. The molecule has 5 heteroatoms. The van der Waals surface area contributed by atoms with E-state index in [0.717, 1.165) is 6.42 Å². The van der Waals surface area contributed by atoms with Crippen molar-refractivity contribution in [1.82, 2.24) is 14.7 Å². The maximum absolute atomic E-state index is 12.3. The molecule has 0 aliphatic heterocycles. The fraction of sp³-hybridized carbons (Fsp3) is 0.692. The molecule has 1 unspecified atom stereocenters. The molecule has 0 saturated heterocycles. The maximum Gasteiger partial charge on any atom is 0.276 e. The molecule has 1 aromatic heterocycles. The number of nitrogens with zero attached hydrogens (tertiary/aromatic N) is 3. The normalized spacial score (nSPS) is 12.8. The largest absolute Gasteiger partial charge is 0.396 e. The van der Waals surface area contributed by atoms with Crippen molar-refractivity contribution < 1.29 is 4.79 Å². The zero-order valence-electron chi connectivity index (χ0n) is 12.0. The van der Waals surface area contributed by atoms with Crippen LogP contribution in [0.1, 0.15) is 44.6 Å². The van der Waals surface area contributed by atoms with E-state index in [9.17, 15) is 4.79 Å². The van der Waals surface area contributed by atoms with Crippen molar-refractivity contribution >= 4 is 11.6 Å². The molecule has 1 amide bonds. The van der Waals surface area contributed by atoms with Crippen molar-refractivity contribution in [1.29, 1.82) is 0 Å². The number of aryl methyl sites for hydroxylation is 1. The lowest BCUT2D eigenvalue weighted by Gasteiger charge is -2.25. The topological polar surface area (TPSA) is 64.2 Å². The van der Waals surface area contributed by atoms with Crippen molar-refractivity contribution in [2.24, 2.45) is 5.92 Å². The van der Waals surface area contributed by atoms with E-state index >= 15 is 0 Å². The SMILES string of the molecule is CCn1cc(N)c(C(=O)N(C)C(C)CC(C)C)n1. The lowest BCUT2D eigenvalue weighted by molar-refractivity contribution is 0.0722. The Morgan fingerprint density at radius 1 is 1.50 bits per heavy atom.